The lowest BCUT2D eigenvalue weighted by Gasteiger charge is -2.32. The van der Waals surface area contributed by atoms with Crippen molar-refractivity contribution in [1.82, 2.24) is 14.8 Å². The second-order valence-corrected chi connectivity index (χ2v) is 9.94. The number of hydrogen-bond acceptors (Lipinski definition) is 7. The summed E-state index contributed by atoms with van der Waals surface area (Å²) < 4.78 is 14.0. The van der Waals surface area contributed by atoms with Gasteiger partial charge in [-0.15, -0.1) is 5.10 Å². The fraction of sp³-hybridized carbons (Fsp3) is 0.370. The highest BCUT2D eigenvalue weighted by Gasteiger charge is 2.37. The maximum absolute atomic E-state index is 13.1. The number of nitrogens with zero attached hydrogens (tertiary/aromatic N) is 3. The molecular formula is C27H30N4O3S. The quantitative estimate of drug-likeness (QED) is 0.406. The molecule has 8 heteroatoms. The summed E-state index contributed by atoms with van der Waals surface area (Å²) in [5, 5.41) is 8.84. The molecular weight excluding hydrogens is 460 g/mol. The van der Waals surface area contributed by atoms with Crippen molar-refractivity contribution in [3.63, 3.8) is 0 Å². The fourth-order valence-corrected chi connectivity index (χ4v) is 5.12. The van der Waals surface area contributed by atoms with Crippen LogP contribution in [0.2, 0.25) is 0 Å². The van der Waals surface area contributed by atoms with E-state index >= 15 is 0 Å². The van der Waals surface area contributed by atoms with Crippen molar-refractivity contribution in [2.45, 2.75) is 57.8 Å². The summed E-state index contributed by atoms with van der Waals surface area (Å²) in [6.07, 6.45) is 2.22. The van der Waals surface area contributed by atoms with E-state index in [1.807, 2.05) is 29.8 Å². The SMILES string of the molecule is CCOc1cc(C2C3=C(CCCC3=O)Nc3nc(SCC)nn32)ccc1OCc1ccc(C)cc1. The number of rotatable bonds is 8. The molecule has 0 spiro atoms. The summed E-state index contributed by atoms with van der Waals surface area (Å²) in [6.45, 7) is 7.06. The van der Waals surface area contributed by atoms with E-state index in [9.17, 15) is 4.79 Å². The Bertz CT molecular complexity index is 1270. The number of nitrogens with one attached hydrogen (secondary N) is 1. The predicted octanol–water partition coefficient (Wildman–Crippen LogP) is 5.70. The first kappa shape index (κ1) is 23.5. The maximum Gasteiger partial charge on any atom is 0.227 e. The molecule has 1 aromatic heterocycles. The summed E-state index contributed by atoms with van der Waals surface area (Å²) in [6, 6.07) is 13.9. The van der Waals surface area contributed by atoms with Crippen LogP contribution in [0.3, 0.4) is 0 Å². The molecule has 7 nitrogen and oxygen atoms in total. The monoisotopic (exact) mass is 490 g/mol. The number of carbonyl (C=O) groups is 1. The first-order chi connectivity index (χ1) is 17.1. The van der Waals surface area contributed by atoms with Gasteiger partial charge in [-0.05, 0) is 55.7 Å². The topological polar surface area (TPSA) is 78.3 Å². The zero-order valence-corrected chi connectivity index (χ0v) is 21.2. The molecule has 1 aliphatic heterocycles. The minimum Gasteiger partial charge on any atom is -0.490 e. The number of ketones is 1. The van der Waals surface area contributed by atoms with E-state index in [1.54, 1.807) is 11.8 Å². The molecule has 2 aliphatic rings. The number of benzene rings is 2. The number of carbonyl (C=O) groups excluding carboxylic acids is 1. The number of thioether (sulfide) groups is 1. The lowest BCUT2D eigenvalue weighted by atomic mass is 9.85. The van der Waals surface area contributed by atoms with Gasteiger partial charge in [0.15, 0.2) is 17.3 Å². The molecule has 0 saturated heterocycles. The number of aromatic nitrogens is 3. The Morgan fingerprint density at radius 3 is 2.69 bits per heavy atom. The van der Waals surface area contributed by atoms with Gasteiger partial charge in [0.05, 0.1) is 6.61 Å². The van der Waals surface area contributed by atoms with Gasteiger partial charge in [-0.3, -0.25) is 4.79 Å². The van der Waals surface area contributed by atoms with E-state index in [2.05, 4.69) is 48.4 Å². The molecule has 0 fully saturated rings. The number of ether oxygens (including phenoxy) is 2. The molecule has 182 valence electrons. The van der Waals surface area contributed by atoms with Crippen LogP contribution in [0.5, 0.6) is 11.5 Å². The third kappa shape index (κ3) is 4.80. The van der Waals surface area contributed by atoms with Crippen LogP contribution in [0.4, 0.5) is 5.95 Å². The van der Waals surface area contributed by atoms with E-state index in [4.69, 9.17) is 14.6 Å². The van der Waals surface area contributed by atoms with Crippen LogP contribution >= 0.6 is 11.8 Å². The number of anilines is 1. The van der Waals surface area contributed by atoms with Gasteiger partial charge in [0.1, 0.15) is 12.6 Å². The smallest absolute Gasteiger partial charge is 0.227 e. The average molecular weight is 491 g/mol. The van der Waals surface area contributed by atoms with Gasteiger partial charge >= 0.3 is 0 Å². The van der Waals surface area contributed by atoms with Gasteiger partial charge in [-0.25, -0.2) is 4.68 Å². The van der Waals surface area contributed by atoms with Gasteiger partial charge in [-0.1, -0.05) is 54.6 Å². The molecule has 1 N–H and O–H groups in total. The van der Waals surface area contributed by atoms with E-state index < -0.39 is 0 Å². The Kier molecular flexibility index (Phi) is 6.81. The largest absolute Gasteiger partial charge is 0.490 e. The highest BCUT2D eigenvalue weighted by atomic mass is 32.2. The van der Waals surface area contributed by atoms with Crippen LogP contribution in [0.15, 0.2) is 58.9 Å². The number of hydrogen-bond donors (Lipinski definition) is 1. The van der Waals surface area contributed by atoms with Crippen LogP contribution in [-0.2, 0) is 11.4 Å². The number of Topliss-reactive ketones (excluding diaryl/α,β-unsaturated/α-hetero) is 1. The third-order valence-electron chi connectivity index (χ3n) is 6.22. The predicted molar refractivity (Wildman–Crippen MR) is 137 cm³/mol. The van der Waals surface area contributed by atoms with Gasteiger partial charge < -0.3 is 14.8 Å². The van der Waals surface area contributed by atoms with Crippen molar-refractivity contribution in [3.8, 4) is 11.5 Å². The molecule has 0 bridgehead atoms. The van der Waals surface area contributed by atoms with Crippen LogP contribution < -0.4 is 14.8 Å². The molecule has 1 aliphatic carbocycles. The normalized spacial score (nSPS) is 17.0. The summed E-state index contributed by atoms with van der Waals surface area (Å²) in [5.74, 6) is 3.05. The average Bonchev–Trinajstić information content (AvgIpc) is 3.25. The molecule has 2 heterocycles. The maximum atomic E-state index is 13.1. The van der Waals surface area contributed by atoms with E-state index in [1.165, 1.54) is 5.56 Å². The molecule has 3 aromatic rings. The molecule has 0 amide bonds. The second-order valence-electron chi connectivity index (χ2n) is 8.71. The first-order valence-corrected chi connectivity index (χ1v) is 13.1. The summed E-state index contributed by atoms with van der Waals surface area (Å²) in [7, 11) is 0. The second kappa shape index (κ2) is 10.2. The van der Waals surface area contributed by atoms with E-state index in [0.29, 0.717) is 42.2 Å². The minimum atomic E-state index is -0.349. The Morgan fingerprint density at radius 1 is 1.09 bits per heavy atom. The van der Waals surface area contributed by atoms with Crippen LogP contribution in [-0.4, -0.2) is 32.9 Å². The highest BCUT2D eigenvalue weighted by molar-refractivity contribution is 7.99. The van der Waals surface area contributed by atoms with Crippen LogP contribution in [0.1, 0.15) is 55.8 Å². The van der Waals surface area contributed by atoms with E-state index in [-0.39, 0.29) is 11.8 Å². The zero-order chi connectivity index (χ0) is 24.4. The molecule has 5 rings (SSSR count). The molecule has 35 heavy (non-hydrogen) atoms. The summed E-state index contributed by atoms with van der Waals surface area (Å²) >= 11 is 1.59. The Balaban J connectivity index is 1.51. The standard InChI is InChI=1S/C27H30N4O3S/c1-4-33-23-15-19(13-14-22(23)34-16-18-11-9-17(3)10-12-18)25-24-20(7-6-8-21(24)32)28-26-29-27(35-5-2)30-31(25)26/h9-15,25H,4-8,16H2,1-3H3,(H,28,29,30). The molecule has 2 aromatic carbocycles. The van der Waals surface area contributed by atoms with Gasteiger partial charge in [0.25, 0.3) is 0 Å². The lowest BCUT2D eigenvalue weighted by molar-refractivity contribution is -0.116. The van der Waals surface area contributed by atoms with Gasteiger partial charge in [0.2, 0.25) is 11.1 Å². The van der Waals surface area contributed by atoms with E-state index in [0.717, 1.165) is 41.0 Å². The molecule has 0 saturated carbocycles. The Labute approximate surface area is 209 Å². The number of fused-ring (bicyclic) bond motifs is 1. The van der Waals surface area contributed by atoms with Crippen molar-refractivity contribution in [3.05, 3.63) is 70.4 Å². The van der Waals surface area contributed by atoms with Crippen molar-refractivity contribution in [1.29, 1.82) is 0 Å². The van der Waals surface area contributed by atoms with Crippen molar-refractivity contribution in [2.24, 2.45) is 0 Å². The highest BCUT2D eigenvalue weighted by Crippen LogP contribution is 2.42. The summed E-state index contributed by atoms with van der Waals surface area (Å²) in [5.41, 5.74) is 4.97. The van der Waals surface area contributed by atoms with Crippen molar-refractivity contribution in [2.75, 3.05) is 17.7 Å². The van der Waals surface area contributed by atoms with Gasteiger partial charge in [0, 0.05) is 17.7 Å². The lowest BCUT2D eigenvalue weighted by Crippen LogP contribution is -2.31. The minimum absolute atomic E-state index is 0.159. The van der Waals surface area contributed by atoms with Crippen LogP contribution in [0, 0.1) is 6.92 Å². The van der Waals surface area contributed by atoms with Crippen molar-refractivity contribution >= 4 is 23.5 Å². The number of aryl methyl sites for hydroxylation is 1. The first-order valence-electron chi connectivity index (χ1n) is 12.1. The number of allylic oxidation sites excluding steroid dienone is 2. The molecule has 1 unspecified atom stereocenters. The molecule has 1 atom stereocenters. The molecule has 0 radical (unpaired) electrons. The fourth-order valence-electron chi connectivity index (χ4n) is 4.56. The summed E-state index contributed by atoms with van der Waals surface area (Å²) in [4.78, 5) is 17.8. The Hall–Kier alpha value is -3.26. The van der Waals surface area contributed by atoms with Crippen molar-refractivity contribution < 1.29 is 14.3 Å². The Morgan fingerprint density at radius 2 is 1.91 bits per heavy atom. The van der Waals surface area contributed by atoms with Crippen LogP contribution in [0.25, 0.3) is 0 Å². The third-order valence-corrected chi connectivity index (χ3v) is 6.94. The van der Waals surface area contributed by atoms with Gasteiger partial charge in [-0.2, -0.15) is 4.98 Å². The zero-order valence-electron chi connectivity index (χ0n) is 20.3.